The first kappa shape index (κ1) is 11.2. The molecule has 0 saturated heterocycles. The van der Waals surface area contributed by atoms with Gasteiger partial charge in [-0.3, -0.25) is 0 Å². The van der Waals surface area contributed by atoms with Gasteiger partial charge in [-0.05, 0) is 55.1 Å². The van der Waals surface area contributed by atoms with E-state index in [0.29, 0.717) is 0 Å². The number of anilines is 1. The minimum absolute atomic E-state index is 0.844. The molecule has 1 aromatic rings. The minimum Gasteiger partial charge on any atom is -0.385 e. The normalized spacial score (nSPS) is 29.8. The highest BCUT2D eigenvalue weighted by Gasteiger charge is 2.35. The van der Waals surface area contributed by atoms with Crippen LogP contribution in [0.25, 0.3) is 0 Å². The molecule has 2 aliphatic rings. The highest BCUT2D eigenvalue weighted by Crippen LogP contribution is 2.43. The van der Waals surface area contributed by atoms with E-state index in [4.69, 9.17) is 0 Å². The van der Waals surface area contributed by atoms with Crippen LogP contribution >= 0.6 is 11.8 Å². The second-order valence-corrected chi connectivity index (χ2v) is 6.03. The van der Waals surface area contributed by atoms with Crippen LogP contribution < -0.4 is 5.32 Å². The van der Waals surface area contributed by atoms with Crippen LogP contribution in [-0.4, -0.2) is 12.8 Å². The molecule has 3 unspecified atom stereocenters. The second kappa shape index (κ2) is 4.77. The summed E-state index contributed by atoms with van der Waals surface area (Å²) in [5.41, 5.74) is 1.27. The smallest absolute Gasteiger partial charge is 0.0351 e. The minimum atomic E-state index is 0.844. The standard InChI is InChI=1S/C15H19NS/c1-17-15-4-2-3-14(9-15)16-10-13-8-11-5-6-12(13)7-11/h2-6,9,11-13,16H,7-8,10H2,1H3. The van der Waals surface area contributed by atoms with Crippen LogP contribution in [0.5, 0.6) is 0 Å². The van der Waals surface area contributed by atoms with Crippen LogP contribution in [0.15, 0.2) is 41.3 Å². The van der Waals surface area contributed by atoms with Crippen molar-refractivity contribution < 1.29 is 0 Å². The maximum Gasteiger partial charge on any atom is 0.0351 e. The zero-order chi connectivity index (χ0) is 11.7. The van der Waals surface area contributed by atoms with E-state index in [9.17, 15) is 0 Å². The van der Waals surface area contributed by atoms with Gasteiger partial charge in [-0.1, -0.05) is 18.2 Å². The van der Waals surface area contributed by atoms with Crippen molar-refractivity contribution in [1.29, 1.82) is 0 Å². The van der Waals surface area contributed by atoms with Gasteiger partial charge in [-0.2, -0.15) is 0 Å². The second-order valence-electron chi connectivity index (χ2n) is 5.15. The van der Waals surface area contributed by atoms with E-state index in [1.165, 1.54) is 23.4 Å². The summed E-state index contributed by atoms with van der Waals surface area (Å²) in [6, 6.07) is 8.71. The maximum atomic E-state index is 3.60. The Morgan fingerprint density at radius 2 is 2.24 bits per heavy atom. The van der Waals surface area contributed by atoms with Gasteiger partial charge in [-0.25, -0.2) is 0 Å². The van der Waals surface area contributed by atoms with Crippen molar-refractivity contribution in [1.82, 2.24) is 0 Å². The molecule has 1 N–H and O–H groups in total. The van der Waals surface area contributed by atoms with Crippen LogP contribution in [0, 0.1) is 17.8 Å². The third kappa shape index (κ3) is 2.37. The van der Waals surface area contributed by atoms with Gasteiger partial charge in [0, 0.05) is 17.1 Å². The van der Waals surface area contributed by atoms with Crippen molar-refractivity contribution in [2.75, 3.05) is 18.1 Å². The quantitative estimate of drug-likeness (QED) is 0.635. The molecule has 1 nitrogen and oxygen atoms in total. The number of fused-ring (bicyclic) bond motifs is 2. The first-order valence-electron chi connectivity index (χ1n) is 6.41. The average molecular weight is 245 g/mol. The molecular weight excluding hydrogens is 226 g/mol. The summed E-state index contributed by atoms with van der Waals surface area (Å²) in [7, 11) is 0. The first-order chi connectivity index (χ1) is 8.35. The summed E-state index contributed by atoms with van der Waals surface area (Å²) in [6.07, 6.45) is 9.75. The molecule has 0 aromatic heterocycles. The molecule has 0 spiro atoms. The van der Waals surface area contributed by atoms with Crippen LogP contribution in [0.1, 0.15) is 12.8 Å². The molecule has 0 amide bonds. The number of benzene rings is 1. The fourth-order valence-corrected chi connectivity index (χ4v) is 3.57. The Kier molecular flexibility index (Phi) is 3.15. The zero-order valence-electron chi connectivity index (χ0n) is 10.2. The van der Waals surface area contributed by atoms with Gasteiger partial charge in [0.05, 0.1) is 0 Å². The lowest BCUT2D eigenvalue weighted by molar-refractivity contribution is 0.472. The van der Waals surface area contributed by atoms with E-state index in [-0.39, 0.29) is 0 Å². The summed E-state index contributed by atoms with van der Waals surface area (Å²) < 4.78 is 0. The number of nitrogens with one attached hydrogen (secondary N) is 1. The first-order valence-corrected chi connectivity index (χ1v) is 7.64. The molecule has 3 atom stereocenters. The summed E-state index contributed by atoms with van der Waals surface area (Å²) >= 11 is 1.80. The Labute approximate surface area is 108 Å². The molecule has 2 bridgehead atoms. The lowest BCUT2D eigenvalue weighted by Crippen LogP contribution is -2.18. The summed E-state index contributed by atoms with van der Waals surface area (Å²) in [5.74, 6) is 2.57. The number of allylic oxidation sites excluding steroid dienone is 2. The molecule has 90 valence electrons. The van der Waals surface area contributed by atoms with Crippen LogP contribution in [0.3, 0.4) is 0 Å². The van der Waals surface area contributed by atoms with Gasteiger partial charge in [0.2, 0.25) is 0 Å². The third-order valence-corrected chi connectivity index (χ3v) is 4.78. The van der Waals surface area contributed by atoms with Crippen molar-refractivity contribution in [3.63, 3.8) is 0 Å². The van der Waals surface area contributed by atoms with Gasteiger partial charge < -0.3 is 5.32 Å². The maximum absolute atomic E-state index is 3.60. The van der Waals surface area contributed by atoms with Gasteiger partial charge in [0.1, 0.15) is 0 Å². The van der Waals surface area contributed by atoms with E-state index in [2.05, 4.69) is 48.0 Å². The molecule has 2 heteroatoms. The van der Waals surface area contributed by atoms with Crippen molar-refractivity contribution in [2.24, 2.45) is 17.8 Å². The Bertz CT molecular complexity index is 427. The van der Waals surface area contributed by atoms with Gasteiger partial charge in [0.15, 0.2) is 0 Å². The molecule has 1 fully saturated rings. The topological polar surface area (TPSA) is 12.0 Å². The van der Waals surface area contributed by atoms with Crippen molar-refractivity contribution in [2.45, 2.75) is 17.7 Å². The predicted octanol–water partition coefficient (Wildman–Crippen LogP) is 4.03. The Morgan fingerprint density at radius 1 is 1.29 bits per heavy atom. The van der Waals surface area contributed by atoms with E-state index in [1.54, 1.807) is 11.8 Å². The number of rotatable bonds is 4. The fourth-order valence-electron chi connectivity index (χ4n) is 3.11. The molecule has 1 aromatic carbocycles. The lowest BCUT2D eigenvalue weighted by Gasteiger charge is -2.19. The highest BCUT2D eigenvalue weighted by molar-refractivity contribution is 7.98. The summed E-state index contributed by atoms with van der Waals surface area (Å²) in [4.78, 5) is 1.34. The van der Waals surface area contributed by atoms with Crippen LogP contribution in [-0.2, 0) is 0 Å². The molecular formula is C15H19NS. The molecule has 17 heavy (non-hydrogen) atoms. The third-order valence-electron chi connectivity index (χ3n) is 4.05. The van der Waals surface area contributed by atoms with Crippen molar-refractivity contribution >= 4 is 17.4 Å². The monoisotopic (exact) mass is 245 g/mol. The average Bonchev–Trinajstić information content (AvgIpc) is 2.99. The van der Waals surface area contributed by atoms with Crippen molar-refractivity contribution in [3.05, 3.63) is 36.4 Å². The fraction of sp³-hybridized carbons (Fsp3) is 0.467. The van der Waals surface area contributed by atoms with Gasteiger partial charge >= 0.3 is 0 Å². The van der Waals surface area contributed by atoms with E-state index in [1.807, 2.05) is 0 Å². The number of hydrogen-bond donors (Lipinski definition) is 1. The van der Waals surface area contributed by atoms with Crippen LogP contribution in [0.2, 0.25) is 0 Å². The molecule has 2 aliphatic carbocycles. The molecule has 0 heterocycles. The Balaban J connectivity index is 1.58. The van der Waals surface area contributed by atoms with Crippen molar-refractivity contribution in [3.8, 4) is 0 Å². The summed E-state index contributed by atoms with van der Waals surface area (Å²) in [6.45, 7) is 1.13. The molecule has 0 aliphatic heterocycles. The van der Waals surface area contributed by atoms with E-state index < -0.39 is 0 Å². The lowest BCUT2D eigenvalue weighted by atomic mass is 9.93. The largest absolute Gasteiger partial charge is 0.385 e. The molecule has 1 saturated carbocycles. The predicted molar refractivity (Wildman–Crippen MR) is 75.6 cm³/mol. The Hall–Kier alpha value is -0.890. The van der Waals surface area contributed by atoms with Gasteiger partial charge in [-0.15, -0.1) is 11.8 Å². The molecule has 3 rings (SSSR count). The van der Waals surface area contributed by atoms with E-state index in [0.717, 1.165) is 24.3 Å². The van der Waals surface area contributed by atoms with E-state index >= 15 is 0 Å². The number of thioether (sulfide) groups is 1. The SMILES string of the molecule is CSc1cccc(NCC2CC3C=CC2C3)c1. The molecule has 0 radical (unpaired) electrons. The number of hydrogen-bond acceptors (Lipinski definition) is 2. The zero-order valence-corrected chi connectivity index (χ0v) is 11.0. The highest BCUT2D eigenvalue weighted by atomic mass is 32.2. The van der Waals surface area contributed by atoms with Crippen LogP contribution in [0.4, 0.5) is 5.69 Å². The summed E-state index contributed by atoms with van der Waals surface area (Å²) in [5, 5.41) is 3.60. The van der Waals surface area contributed by atoms with Gasteiger partial charge in [0.25, 0.3) is 0 Å². The Morgan fingerprint density at radius 3 is 2.94 bits per heavy atom.